The number of hydrogen-bond donors (Lipinski definition) is 0. The van der Waals surface area contributed by atoms with E-state index in [1.807, 2.05) is 17.6 Å². The van der Waals surface area contributed by atoms with Crippen molar-refractivity contribution in [1.29, 1.82) is 0 Å². The largest absolute Gasteiger partial charge is 0.244 e. The van der Waals surface area contributed by atoms with Gasteiger partial charge in [-0.15, -0.1) is 11.3 Å². The third-order valence-corrected chi connectivity index (χ3v) is 2.24. The first-order valence-electron chi connectivity index (χ1n) is 3.02. The molecule has 0 aliphatic carbocycles. The van der Waals surface area contributed by atoms with E-state index in [1.165, 1.54) is 4.70 Å². The summed E-state index contributed by atoms with van der Waals surface area (Å²) in [5.41, 5.74) is 3.89. The first-order chi connectivity index (χ1) is 4.88. The van der Waals surface area contributed by atoms with Gasteiger partial charge in [-0.3, -0.25) is 0 Å². The average molecular weight is 148 g/mol. The van der Waals surface area contributed by atoms with E-state index in [4.69, 9.17) is 0 Å². The SMILES string of the molecule is [CH2]c1cccc2scnc12. The molecule has 1 aromatic heterocycles. The Morgan fingerprint density at radius 1 is 1.40 bits per heavy atom. The van der Waals surface area contributed by atoms with Crippen LogP contribution in [0.3, 0.4) is 0 Å². The van der Waals surface area contributed by atoms with Crippen LogP contribution in [-0.4, -0.2) is 4.98 Å². The number of hydrogen-bond acceptors (Lipinski definition) is 2. The molecule has 1 heterocycles. The van der Waals surface area contributed by atoms with Crippen molar-refractivity contribution >= 4 is 21.6 Å². The van der Waals surface area contributed by atoms with Gasteiger partial charge in [0.25, 0.3) is 0 Å². The molecule has 0 fully saturated rings. The minimum absolute atomic E-state index is 1.01. The summed E-state index contributed by atoms with van der Waals surface area (Å²) in [7, 11) is 0. The maximum atomic E-state index is 4.17. The highest BCUT2D eigenvalue weighted by Crippen LogP contribution is 2.19. The number of thiazole rings is 1. The molecule has 0 N–H and O–H groups in total. The number of benzene rings is 1. The van der Waals surface area contributed by atoms with Gasteiger partial charge in [-0.25, -0.2) is 4.98 Å². The van der Waals surface area contributed by atoms with Crippen molar-refractivity contribution in [2.24, 2.45) is 0 Å². The van der Waals surface area contributed by atoms with Crippen molar-refractivity contribution in [2.75, 3.05) is 0 Å². The third kappa shape index (κ3) is 0.727. The molecule has 0 atom stereocenters. The van der Waals surface area contributed by atoms with Crippen LogP contribution in [0.25, 0.3) is 10.2 Å². The lowest BCUT2D eigenvalue weighted by Gasteiger charge is -1.89. The molecule has 0 bridgehead atoms. The van der Waals surface area contributed by atoms with Crippen LogP contribution in [0, 0.1) is 6.92 Å². The van der Waals surface area contributed by atoms with Gasteiger partial charge in [-0.1, -0.05) is 12.1 Å². The molecule has 2 rings (SSSR count). The Bertz CT molecular complexity index is 351. The summed E-state index contributed by atoms with van der Waals surface area (Å²) in [6, 6.07) is 6.03. The van der Waals surface area contributed by atoms with Crippen molar-refractivity contribution in [1.82, 2.24) is 4.98 Å². The monoisotopic (exact) mass is 148 g/mol. The number of fused-ring (bicyclic) bond motifs is 1. The molecule has 0 saturated heterocycles. The van der Waals surface area contributed by atoms with Gasteiger partial charge in [0.1, 0.15) is 0 Å². The zero-order chi connectivity index (χ0) is 6.97. The molecule has 0 amide bonds. The first kappa shape index (κ1) is 5.86. The molecule has 49 valence electrons. The smallest absolute Gasteiger partial charge is 0.0844 e. The van der Waals surface area contributed by atoms with Crippen molar-refractivity contribution in [3.05, 3.63) is 36.2 Å². The van der Waals surface area contributed by atoms with Crippen LogP contribution in [-0.2, 0) is 0 Å². The van der Waals surface area contributed by atoms with Gasteiger partial charge < -0.3 is 0 Å². The highest BCUT2D eigenvalue weighted by atomic mass is 32.1. The zero-order valence-corrected chi connectivity index (χ0v) is 6.19. The molecule has 0 aliphatic heterocycles. The van der Waals surface area contributed by atoms with E-state index in [-0.39, 0.29) is 0 Å². The van der Waals surface area contributed by atoms with Gasteiger partial charge in [0, 0.05) is 0 Å². The molecule has 2 heteroatoms. The van der Waals surface area contributed by atoms with E-state index in [0.29, 0.717) is 0 Å². The van der Waals surface area contributed by atoms with Crippen LogP contribution < -0.4 is 0 Å². The van der Waals surface area contributed by atoms with Gasteiger partial charge >= 0.3 is 0 Å². The summed E-state index contributed by atoms with van der Waals surface area (Å²) in [6.45, 7) is 3.87. The summed E-state index contributed by atoms with van der Waals surface area (Å²) in [6.07, 6.45) is 0. The van der Waals surface area contributed by atoms with E-state index >= 15 is 0 Å². The zero-order valence-electron chi connectivity index (χ0n) is 5.37. The highest BCUT2D eigenvalue weighted by molar-refractivity contribution is 7.16. The average Bonchev–Trinajstić information content (AvgIpc) is 2.36. The first-order valence-corrected chi connectivity index (χ1v) is 3.90. The van der Waals surface area contributed by atoms with Crippen LogP contribution in [0.5, 0.6) is 0 Å². The summed E-state index contributed by atoms with van der Waals surface area (Å²) in [4.78, 5) is 4.17. The number of para-hydroxylation sites is 1. The van der Waals surface area contributed by atoms with Gasteiger partial charge in [0.15, 0.2) is 0 Å². The second kappa shape index (κ2) is 2.06. The molecular formula is C8H6NS. The Hall–Kier alpha value is -0.890. The van der Waals surface area contributed by atoms with Gasteiger partial charge in [0.05, 0.1) is 15.7 Å². The second-order valence-electron chi connectivity index (χ2n) is 2.12. The lowest BCUT2D eigenvalue weighted by atomic mass is 10.2. The Morgan fingerprint density at radius 3 is 3.10 bits per heavy atom. The molecular weight excluding hydrogens is 142 g/mol. The highest BCUT2D eigenvalue weighted by Gasteiger charge is 1.96. The van der Waals surface area contributed by atoms with Crippen LogP contribution >= 0.6 is 11.3 Å². The van der Waals surface area contributed by atoms with Gasteiger partial charge in [-0.2, -0.15) is 0 Å². The fourth-order valence-electron chi connectivity index (χ4n) is 0.945. The van der Waals surface area contributed by atoms with Crippen molar-refractivity contribution in [3.63, 3.8) is 0 Å². The molecule has 1 nitrogen and oxygen atoms in total. The molecule has 1 radical (unpaired) electrons. The number of rotatable bonds is 0. The summed E-state index contributed by atoms with van der Waals surface area (Å²) >= 11 is 1.65. The normalized spacial score (nSPS) is 10.5. The Labute approximate surface area is 63.3 Å². The maximum absolute atomic E-state index is 4.17. The summed E-state index contributed by atoms with van der Waals surface area (Å²) in [5.74, 6) is 0. The van der Waals surface area contributed by atoms with Crippen molar-refractivity contribution in [2.45, 2.75) is 0 Å². The van der Waals surface area contributed by atoms with Crippen LogP contribution in [0.4, 0.5) is 0 Å². The fourth-order valence-corrected chi connectivity index (χ4v) is 1.67. The molecule has 2 aromatic rings. The van der Waals surface area contributed by atoms with Gasteiger partial charge in [-0.05, 0) is 18.6 Å². The van der Waals surface area contributed by atoms with Crippen molar-refractivity contribution in [3.8, 4) is 0 Å². The van der Waals surface area contributed by atoms with Gasteiger partial charge in [0.2, 0.25) is 0 Å². The standard InChI is InChI=1S/C8H6NS/c1-6-3-2-4-7-8(6)9-5-10-7/h2-5H,1H2. The Balaban J connectivity index is 2.95. The minimum Gasteiger partial charge on any atom is -0.244 e. The fraction of sp³-hybridized carbons (Fsp3) is 0. The predicted octanol–water partition coefficient (Wildman–Crippen LogP) is 2.48. The van der Waals surface area contributed by atoms with E-state index in [0.717, 1.165) is 11.1 Å². The Kier molecular flexibility index (Phi) is 1.21. The predicted molar refractivity (Wildman–Crippen MR) is 44.1 cm³/mol. The lowest BCUT2D eigenvalue weighted by Crippen LogP contribution is -1.72. The molecule has 1 aromatic carbocycles. The quantitative estimate of drug-likeness (QED) is 0.559. The van der Waals surface area contributed by atoms with Crippen LogP contribution in [0.1, 0.15) is 5.56 Å². The molecule has 0 saturated carbocycles. The number of nitrogens with zero attached hydrogens (tertiary/aromatic N) is 1. The molecule has 0 spiro atoms. The van der Waals surface area contributed by atoms with E-state index < -0.39 is 0 Å². The van der Waals surface area contributed by atoms with Crippen LogP contribution in [0.15, 0.2) is 23.7 Å². The van der Waals surface area contributed by atoms with E-state index in [1.54, 1.807) is 11.3 Å². The summed E-state index contributed by atoms with van der Waals surface area (Å²) in [5, 5.41) is 0. The minimum atomic E-state index is 1.01. The molecule has 10 heavy (non-hydrogen) atoms. The lowest BCUT2D eigenvalue weighted by molar-refractivity contribution is 1.48. The van der Waals surface area contributed by atoms with E-state index in [9.17, 15) is 0 Å². The molecule has 0 unspecified atom stereocenters. The molecule has 0 aliphatic rings. The topological polar surface area (TPSA) is 12.9 Å². The number of aromatic nitrogens is 1. The second-order valence-corrected chi connectivity index (χ2v) is 3.00. The summed E-state index contributed by atoms with van der Waals surface area (Å²) < 4.78 is 1.22. The van der Waals surface area contributed by atoms with Crippen molar-refractivity contribution < 1.29 is 0 Å². The third-order valence-electron chi connectivity index (χ3n) is 1.44. The Morgan fingerprint density at radius 2 is 2.30 bits per heavy atom. The maximum Gasteiger partial charge on any atom is 0.0844 e. The van der Waals surface area contributed by atoms with Crippen LogP contribution in [0.2, 0.25) is 0 Å². The van der Waals surface area contributed by atoms with E-state index in [2.05, 4.69) is 18.0 Å².